The number of nitrogens with zero attached hydrogens (tertiary/aromatic N) is 2. The van der Waals surface area contributed by atoms with Gasteiger partial charge in [-0.25, -0.2) is 0 Å². The molecule has 20 heavy (non-hydrogen) atoms. The number of aryl methyl sites for hydroxylation is 1. The van der Waals surface area contributed by atoms with Crippen LogP contribution in [0.1, 0.15) is 28.8 Å². The summed E-state index contributed by atoms with van der Waals surface area (Å²) < 4.78 is 0. The van der Waals surface area contributed by atoms with Crippen LogP contribution in [0.5, 0.6) is 0 Å². The van der Waals surface area contributed by atoms with E-state index in [1.165, 1.54) is 0 Å². The lowest BCUT2D eigenvalue weighted by molar-refractivity contribution is 0.0678. The van der Waals surface area contributed by atoms with Gasteiger partial charge in [0.2, 0.25) is 0 Å². The normalized spacial score (nSPS) is 16.7. The summed E-state index contributed by atoms with van der Waals surface area (Å²) in [5.41, 5.74) is 8.31. The number of carbonyl (C=O) groups excluding carboxylic acids is 1. The number of rotatable bonds is 3. The molecule has 0 aliphatic carbocycles. The first kappa shape index (κ1) is 14.9. The SMILES string of the molecule is Cc1ccc(C(=O)N2CCC(CN(C)C)CC2)cc1N. The van der Waals surface area contributed by atoms with Crippen molar-refractivity contribution in [1.82, 2.24) is 9.80 Å². The van der Waals surface area contributed by atoms with E-state index in [9.17, 15) is 4.79 Å². The average molecular weight is 275 g/mol. The second-order valence-corrected chi connectivity index (χ2v) is 6.07. The molecule has 0 atom stereocenters. The van der Waals surface area contributed by atoms with E-state index >= 15 is 0 Å². The Hall–Kier alpha value is -1.55. The summed E-state index contributed by atoms with van der Waals surface area (Å²) in [6.45, 7) is 4.77. The standard InChI is InChI=1S/C16H25N3O/c1-12-4-5-14(10-15(12)17)16(20)19-8-6-13(7-9-19)11-18(2)3/h4-5,10,13H,6-9,11,17H2,1-3H3. The highest BCUT2D eigenvalue weighted by molar-refractivity contribution is 5.95. The van der Waals surface area contributed by atoms with Crippen molar-refractivity contribution in [2.24, 2.45) is 5.92 Å². The van der Waals surface area contributed by atoms with E-state index in [2.05, 4.69) is 19.0 Å². The van der Waals surface area contributed by atoms with Crippen LogP contribution in [-0.4, -0.2) is 49.4 Å². The Bertz CT molecular complexity index is 477. The molecule has 1 aliphatic rings. The first-order chi connectivity index (χ1) is 9.47. The number of hydrogen-bond acceptors (Lipinski definition) is 3. The number of likely N-dealkylation sites (tertiary alicyclic amines) is 1. The van der Waals surface area contributed by atoms with E-state index in [-0.39, 0.29) is 5.91 Å². The van der Waals surface area contributed by atoms with Gasteiger partial charge in [-0.3, -0.25) is 4.79 Å². The van der Waals surface area contributed by atoms with Crippen molar-refractivity contribution in [2.75, 3.05) is 39.5 Å². The van der Waals surface area contributed by atoms with E-state index in [4.69, 9.17) is 5.73 Å². The van der Waals surface area contributed by atoms with Crippen LogP contribution in [0, 0.1) is 12.8 Å². The number of benzene rings is 1. The zero-order chi connectivity index (χ0) is 14.7. The second-order valence-electron chi connectivity index (χ2n) is 6.07. The second kappa shape index (κ2) is 6.27. The molecule has 1 saturated heterocycles. The lowest BCUT2D eigenvalue weighted by atomic mass is 9.96. The van der Waals surface area contributed by atoms with Crippen molar-refractivity contribution in [2.45, 2.75) is 19.8 Å². The molecule has 1 aliphatic heterocycles. The summed E-state index contributed by atoms with van der Waals surface area (Å²) in [6.07, 6.45) is 2.18. The van der Waals surface area contributed by atoms with Crippen molar-refractivity contribution in [3.8, 4) is 0 Å². The maximum atomic E-state index is 12.5. The number of hydrogen-bond donors (Lipinski definition) is 1. The summed E-state index contributed by atoms with van der Waals surface area (Å²) in [5, 5.41) is 0. The summed E-state index contributed by atoms with van der Waals surface area (Å²) in [7, 11) is 4.21. The van der Waals surface area contributed by atoms with Gasteiger partial charge in [0.1, 0.15) is 0 Å². The third-order valence-corrected chi connectivity index (χ3v) is 4.05. The molecule has 0 bridgehead atoms. The molecule has 0 unspecified atom stereocenters. The summed E-state index contributed by atoms with van der Waals surface area (Å²) >= 11 is 0. The largest absolute Gasteiger partial charge is 0.398 e. The Morgan fingerprint density at radius 3 is 2.55 bits per heavy atom. The molecule has 110 valence electrons. The van der Waals surface area contributed by atoms with Crippen LogP contribution >= 0.6 is 0 Å². The zero-order valence-corrected chi connectivity index (χ0v) is 12.7. The minimum absolute atomic E-state index is 0.111. The Labute approximate surface area is 121 Å². The zero-order valence-electron chi connectivity index (χ0n) is 12.7. The van der Waals surface area contributed by atoms with Crippen molar-refractivity contribution < 1.29 is 4.79 Å². The minimum atomic E-state index is 0.111. The van der Waals surface area contributed by atoms with Crippen LogP contribution in [0.4, 0.5) is 5.69 Å². The van der Waals surface area contributed by atoms with Crippen LogP contribution in [0.15, 0.2) is 18.2 Å². The number of anilines is 1. The number of nitrogen functional groups attached to an aromatic ring is 1. The van der Waals surface area contributed by atoms with E-state index < -0.39 is 0 Å². The average Bonchev–Trinajstić information content (AvgIpc) is 2.41. The molecule has 2 rings (SSSR count). The first-order valence-corrected chi connectivity index (χ1v) is 7.27. The molecule has 0 spiro atoms. The van der Waals surface area contributed by atoms with Gasteiger partial charge in [-0.2, -0.15) is 0 Å². The van der Waals surface area contributed by atoms with Crippen LogP contribution < -0.4 is 5.73 Å². The number of nitrogens with two attached hydrogens (primary N) is 1. The van der Waals surface area contributed by atoms with Gasteiger partial charge in [-0.05, 0) is 57.5 Å². The van der Waals surface area contributed by atoms with E-state index in [0.29, 0.717) is 17.2 Å². The fraction of sp³-hybridized carbons (Fsp3) is 0.562. The molecule has 1 aromatic rings. The van der Waals surface area contributed by atoms with Crippen LogP contribution in [0.25, 0.3) is 0 Å². The predicted octanol–water partition coefficient (Wildman–Crippen LogP) is 1.99. The Morgan fingerprint density at radius 1 is 1.35 bits per heavy atom. The van der Waals surface area contributed by atoms with Crippen molar-refractivity contribution >= 4 is 11.6 Å². The van der Waals surface area contributed by atoms with Gasteiger partial charge in [0.05, 0.1) is 0 Å². The molecule has 0 radical (unpaired) electrons. The monoisotopic (exact) mass is 275 g/mol. The minimum Gasteiger partial charge on any atom is -0.398 e. The van der Waals surface area contributed by atoms with Gasteiger partial charge in [0.25, 0.3) is 5.91 Å². The van der Waals surface area contributed by atoms with Gasteiger partial charge in [0, 0.05) is 30.9 Å². The van der Waals surface area contributed by atoms with Gasteiger partial charge >= 0.3 is 0 Å². The smallest absolute Gasteiger partial charge is 0.253 e. The molecule has 4 nitrogen and oxygen atoms in total. The summed E-state index contributed by atoms with van der Waals surface area (Å²) in [4.78, 5) is 16.6. The topological polar surface area (TPSA) is 49.6 Å². The van der Waals surface area contributed by atoms with Gasteiger partial charge in [-0.15, -0.1) is 0 Å². The lowest BCUT2D eigenvalue weighted by Crippen LogP contribution is -2.40. The van der Waals surface area contributed by atoms with E-state index in [1.54, 1.807) is 6.07 Å². The Balaban J connectivity index is 1.96. The third-order valence-electron chi connectivity index (χ3n) is 4.05. The lowest BCUT2D eigenvalue weighted by Gasteiger charge is -2.33. The van der Waals surface area contributed by atoms with Crippen molar-refractivity contribution in [3.63, 3.8) is 0 Å². The Kier molecular flexibility index (Phi) is 4.65. The van der Waals surface area contributed by atoms with Crippen molar-refractivity contribution in [1.29, 1.82) is 0 Å². The molecular weight excluding hydrogens is 250 g/mol. The van der Waals surface area contributed by atoms with Crippen LogP contribution in [-0.2, 0) is 0 Å². The summed E-state index contributed by atoms with van der Waals surface area (Å²) in [5.74, 6) is 0.817. The highest BCUT2D eigenvalue weighted by Gasteiger charge is 2.24. The van der Waals surface area contributed by atoms with Gasteiger partial charge in [0.15, 0.2) is 0 Å². The quantitative estimate of drug-likeness (QED) is 0.858. The van der Waals surface area contributed by atoms with Crippen LogP contribution in [0.2, 0.25) is 0 Å². The Morgan fingerprint density at radius 2 is 2.00 bits per heavy atom. The molecule has 4 heteroatoms. The molecule has 1 aromatic carbocycles. The van der Waals surface area contributed by atoms with E-state index in [0.717, 1.165) is 38.0 Å². The molecule has 1 amide bonds. The van der Waals surface area contributed by atoms with Gasteiger partial charge < -0.3 is 15.5 Å². The first-order valence-electron chi connectivity index (χ1n) is 7.27. The van der Waals surface area contributed by atoms with E-state index in [1.807, 2.05) is 24.0 Å². The molecule has 0 saturated carbocycles. The molecule has 2 N–H and O–H groups in total. The fourth-order valence-corrected chi connectivity index (χ4v) is 2.79. The predicted molar refractivity (Wildman–Crippen MR) is 82.8 cm³/mol. The van der Waals surface area contributed by atoms with Crippen molar-refractivity contribution in [3.05, 3.63) is 29.3 Å². The third kappa shape index (κ3) is 3.51. The molecule has 1 heterocycles. The molecular formula is C16H25N3O. The van der Waals surface area contributed by atoms with Crippen LogP contribution in [0.3, 0.4) is 0 Å². The van der Waals surface area contributed by atoms with Gasteiger partial charge in [-0.1, -0.05) is 6.07 Å². The highest BCUT2D eigenvalue weighted by atomic mass is 16.2. The fourth-order valence-electron chi connectivity index (χ4n) is 2.79. The number of piperidine rings is 1. The molecule has 0 aromatic heterocycles. The number of amides is 1. The maximum absolute atomic E-state index is 12.5. The summed E-state index contributed by atoms with van der Waals surface area (Å²) in [6, 6.07) is 5.59. The number of carbonyl (C=O) groups is 1. The molecule has 1 fully saturated rings. The maximum Gasteiger partial charge on any atom is 0.253 e. The highest BCUT2D eigenvalue weighted by Crippen LogP contribution is 2.21.